The molecule has 9 nitrogen and oxygen atoms in total. The van der Waals surface area contributed by atoms with Crippen molar-refractivity contribution < 1.29 is 14.3 Å². The number of benzene rings is 1. The number of carbonyl (C=O) groups excluding carboxylic acids is 2. The molecule has 34 heavy (non-hydrogen) atoms. The Bertz CT molecular complexity index is 1040. The summed E-state index contributed by atoms with van der Waals surface area (Å²) in [5, 5.41) is 6.48. The molecule has 1 aromatic carbocycles. The second-order valence-electron chi connectivity index (χ2n) is 9.06. The summed E-state index contributed by atoms with van der Waals surface area (Å²) in [6.07, 6.45) is 1.93. The second kappa shape index (κ2) is 10.4. The van der Waals surface area contributed by atoms with Gasteiger partial charge in [0.1, 0.15) is 11.9 Å². The molecule has 1 saturated heterocycles. The Morgan fingerprint density at radius 2 is 1.94 bits per heavy atom. The molecule has 1 atom stereocenters. The lowest BCUT2D eigenvalue weighted by molar-refractivity contribution is -0.119. The standard InChI is InChI=1S/C25H34N6O3/c1-17-25(33)30(3)21-8-9-22(28-23(21)31(17)14-15-34-4)26-20-7-5-6-18(16-20)24(32)27-19-10-12-29(2)13-11-19/h5-9,16-17,19H,10-15H2,1-4H3,(H,26,28)(H,27,32)/t17-/m1/s1. The van der Waals surface area contributed by atoms with Gasteiger partial charge in [-0.15, -0.1) is 0 Å². The van der Waals surface area contributed by atoms with Crippen LogP contribution in [-0.2, 0) is 9.53 Å². The van der Waals surface area contributed by atoms with E-state index in [9.17, 15) is 9.59 Å². The van der Waals surface area contributed by atoms with Crippen molar-refractivity contribution in [3.8, 4) is 0 Å². The van der Waals surface area contributed by atoms with Gasteiger partial charge in [-0.25, -0.2) is 4.98 Å². The Kier molecular flexibility index (Phi) is 7.33. The van der Waals surface area contributed by atoms with Crippen LogP contribution in [-0.4, -0.2) is 81.2 Å². The van der Waals surface area contributed by atoms with Crippen LogP contribution in [0, 0.1) is 0 Å². The summed E-state index contributed by atoms with van der Waals surface area (Å²) in [5.41, 5.74) is 2.15. The first-order chi connectivity index (χ1) is 16.4. The number of likely N-dealkylation sites (tertiary alicyclic amines) is 1. The number of anilines is 4. The monoisotopic (exact) mass is 466 g/mol. The van der Waals surface area contributed by atoms with Gasteiger partial charge in [0.15, 0.2) is 5.82 Å². The zero-order valence-electron chi connectivity index (χ0n) is 20.4. The highest BCUT2D eigenvalue weighted by Gasteiger charge is 2.34. The van der Waals surface area contributed by atoms with Crippen molar-refractivity contribution in [2.24, 2.45) is 0 Å². The minimum atomic E-state index is -0.331. The van der Waals surface area contributed by atoms with Crippen LogP contribution < -0.4 is 20.4 Å². The zero-order valence-corrected chi connectivity index (χ0v) is 20.4. The average Bonchev–Trinajstić information content (AvgIpc) is 2.84. The van der Waals surface area contributed by atoms with Gasteiger partial charge in [-0.05, 0) is 70.2 Å². The van der Waals surface area contributed by atoms with Crippen molar-refractivity contribution in [3.63, 3.8) is 0 Å². The number of nitrogens with one attached hydrogen (secondary N) is 2. The smallest absolute Gasteiger partial charge is 0.251 e. The maximum atomic E-state index is 12.8. The summed E-state index contributed by atoms with van der Waals surface area (Å²) in [5.74, 6) is 1.34. The van der Waals surface area contributed by atoms with E-state index in [1.165, 1.54) is 0 Å². The predicted octanol–water partition coefficient (Wildman–Crippen LogP) is 2.47. The van der Waals surface area contributed by atoms with Crippen LogP contribution in [0.4, 0.5) is 23.0 Å². The summed E-state index contributed by atoms with van der Waals surface area (Å²) >= 11 is 0. The molecule has 0 spiro atoms. The molecule has 3 heterocycles. The van der Waals surface area contributed by atoms with E-state index in [4.69, 9.17) is 9.72 Å². The third-order valence-electron chi connectivity index (χ3n) is 6.63. The van der Waals surface area contributed by atoms with Crippen LogP contribution in [0.3, 0.4) is 0 Å². The van der Waals surface area contributed by atoms with Crippen molar-refractivity contribution >= 4 is 34.8 Å². The van der Waals surface area contributed by atoms with Crippen molar-refractivity contribution in [2.45, 2.75) is 31.8 Å². The summed E-state index contributed by atoms with van der Waals surface area (Å²) in [6, 6.07) is 11.1. The van der Waals surface area contributed by atoms with E-state index in [2.05, 4.69) is 22.6 Å². The van der Waals surface area contributed by atoms with Crippen molar-refractivity contribution in [1.82, 2.24) is 15.2 Å². The minimum absolute atomic E-state index is 0.0226. The summed E-state index contributed by atoms with van der Waals surface area (Å²) < 4.78 is 5.24. The molecule has 4 rings (SSSR count). The zero-order chi connectivity index (χ0) is 24.2. The van der Waals surface area contributed by atoms with Gasteiger partial charge in [0, 0.05) is 38.0 Å². The fourth-order valence-corrected chi connectivity index (χ4v) is 4.50. The molecule has 1 aromatic heterocycles. The van der Waals surface area contributed by atoms with Crippen LogP contribution in [0.1, 0.15) is 30.1 Å². The minimum Gasteiger partial charge on any atom is -0.383 e. The Morgan fingerprint density at radius 3 is 2.68 bits per heavy atom. The van der Waals surface area contributed by atoms with Gasteiger partial charge in [0.2, 0.25) is 5.91 Å². The van der Waals surface area contributed by atoms with E-state index in [0.717, 1.165) is 43.1 Å². The van der Waals surface area contributed by atoms with Crippen molar-refractivity contribution in [1.29, 1.82) is 0 Å². The lowest BCUT2D eigenvalue weighted by atomic mass is 10.0. The van der Waals surface area contributed by atoms with Crippen LogP contribution >= 0.6 is 0 Å². The average molecular weight is 467 g/mol. The van der Waals surface area contributed by atoms with Crippen molar-refractivity contribution in [3.05, 3.63) is 42.0 Å². The van der Waals surface area contributed by atoms with Crippen LogP contribution in [0.5, 0.6) is 0 Å². The Balaban J connectivity index is 1.50. The topological polar surface area (TPSA) is 90.0 Å². The molecule has 0 unspecified atom stereocenters. The highest BCUT2D eigenvalue weighted by atomic mass is 16.5. The van der Waals surface area contributed by atoms with Gasteiger partial charge in [0.25, 0.3) is 5.91 Å². The molecule has 2 aromatic rings. The maximum Gasteiger partial charge on any atom is 0.251 e. The van der Waals surface area contributed by atoms with Gasteiger partial charge < -0.3 is 30.1 Å². The highest BCUT2D eigenvalue weighted by Crippen LogP contribution is 2.35. The Hall–Kier alpha value is -3.17. The predicted molar refractivity (Wildman–Crippen MR) is 134 cm³/mol. The van der Waals surface area contributed by atoms with E-state index < -0.39 is 0 Å². The number of amides is 2. The molecular weight excluding hydrogens is 432 g/mol. The summed E-state index contributed by atoms with van der Waals surface area (Å²) in [7, 11) is 5.52. The number of rotatable bonds is 7. The maximum absolute atomic E-state index is 12.8. The molecule has 0 saturated carbocycles. The fourth-order valence-electron chi connectivity index (χ4n) is 4.50. The number of hydrogen-bond donors (Lipinski definition) is 2. The highest BCUT2D eigenvalue weighted by molar-refractivity contribution is 6.04. The van der Waals surface area contributed by atoms with E-state index in [1.54, 1.807) is 19.1 Å². The molecule has 0 aliphatic carbocycles. The number of piperidine rings is 1. The first kappa shape index (κ1) is 24.0. The second-order valence-corrected chi connectivity index (χ2v) is 9.06. The van der Waals surface area contributed by atoms with E-state index in [1.807, 2.05) is 48.2 Å². The molecule has 1 fully saturated rings. The first-order valence-corrected chi connectivity index (χ1v) is 11.8. The Morgan fingerprint density at radius 1 is 1.18 bits per heavy atom. The SMILES string of the molecule is COCCN1c2nc(Nc3cccc(C(=O)NC4CCN(C)CC4)c3)ccc2N(C)C(=O)[C@H]1C. The normalized spacial score (nSPS) is 19.2. The number of likely N-dealkylation sites (N-methyl/N-ethyl adjacent to an activating group) is 1. The van der Waals surface area contributed by atoms with E-state index in [-0.39, 0.29) is 23.9 Å². The number of fused-ring (bicyclic) bond motifs is 1. The lowest BCUT2D eigenvalue weighted by Gasteiger charge is -2.39. The quantitative estimate of drug-likeness (QED) is 0.648. The molecule has 0 radical (unpaired) electrons. The number of pyridine rings is 1. The van der Waals surface area contributed by atoms with Crippen molar-refractivity contribution in [2.75, 3.05) is 62.6 Å². The number of nitrogens with zero attached hydrogens (tertiary/aromatic N) is 4. The largest absolute Gasteiger partial charge is 0.383 e. The van der Waals surface area contributed by atoms with Gasteiger partial charge in [-0.1, -0.05) is 6.07 Å². The number of aromatic nitrogens is 1. The van der Waals surface area contributed by atoms with E-state index in [0.29, 0.717) is 24.5 Å². The van der Waals surface area contributed by atoms with Gasteiger partial charge in [-0.3, -0.25) is 9.59 Å². The van der Waals surface area contributed by atoms with Crippen LogP contribution in [0.2, 0.25) is 0 Å². The third kappa shape index (κ3) is 5.15. The molecule has 0 bridgehead atoms. The van der Waals surface area contributed by atoms with E-state index >= 15 is 0 Å². The fraction of sp³-hybridized carbons (Fsp3) is 0.480. The van der Waals surface area contributed by atoms with Crippen LogP contribution in [0.15, 0.2) is 36.4 Å². The third-order valence-corrected chi connectivity index (χ3v) is 6.63. The Labute approximate surface area is 201 Å². The molecule has 2 N–H and O–H groups in total. The number of ether oxygens (including phenoxy) is 1. The molecule has 9 heteroatoms. The van der Waals surface area contributed by atoms with Gasteiger partial charge in [-0.2, -0.15) is 0 Å². The number of hydrogen-bond acceptors (Lipinski definition) is 7. The lowest BCUT2D eigenvalue weighted by Crippen LogP contribution is -2.52. The summed E-state index contributed by atoms with van der Waals surface area (Å²) in [4.78, 5) is 36.2. The molecule has 2 aliphatic heterocycles. The molecular formula is C25H34N6O3. The van der Waals surface area contributed by atoms with Crippen LogP contribution in [0.25, 0.3) is 0 Å². The molecule has 182 valence electrons. The molecule has 2 aliphatic rings. The van der Waals surface area contributed by atoms with Gasteiger partial charge in [0.05, 0.1) is 12.3 Å². The molecule has 2 amide bonds. The number of carbonyl (C=O) groups is 2. The first-order valence-electron chi connectivity index (χ1n) is 11.8. The summed E-state index contributed by atoms with van der Waals surface area (Å²) in [6.45, 7) is 4.93. The number of methoxy groups -OCH3 is 1. The van der Waals surface area contributed by atoms with Gasteiger partial charge >= 0.3 is 0 Å².